The van der Waals surface area contributed by atoms with Crippen LogP contribution in [-0.4, -0.2) is 5.91 Å². The Morgan fingerprint density at radius 3 is 2.58 bits per heavy atom. The van der Waals surface area contributed by atoms with Gasteiger partial charge in [-0.3, -0.25) is 4.79 Å². The second-order valence-electron chi connectivity index (χ2n) is 3.91. The summed E-state index contributed by atoms with van der Waals surface area (Å²) in [5.74, 6) is -0.980. The number of hydrogen-bond donors (Lipinski definition) is 1. The standard InChI is InChI=1S/C14H10Br2FNO/c15-10-4-1-3-9(7-10)8-18-14(19)13-11(16)5-2-6-12(13)17/h1-7H,8H2,(H,18,19). The zero-order chi connectivity index (χ0) is 13.8. The minimum atomic E-state index is -0.541. The van der Waals surface area contributed by atoms with E-state index in [1.807, 2.05) is 24.3 Å². The normalized spacial score (nSPS) is 10.3. The highest BCUT2D eigenvalue weighted by Crippen LogP contribution is 2.19. The van der Waals surface area contributed by atoms with Gasteiger partial charge in [-0.15, -0.1) is 0 Å². The fourth-order valence-corrected chi connectivity index (χ4v) is 2.60. The van der Waals surface area contributed by atoms with E-state index in [4.69, 9.17) is 0 Å². The number of nitrogens with one attached hydrogen (secondary N) is 1. The molecule has 0 aromatic heterocycles. The van der Waals surface area contributed by atoms with Gasteiger partial charge in [0.15, 0.2) is 0 Å². The second-order valence-corrected chi connectivity index (χ2v) is 5.68. The first-order chi connectivity index (χ1) is 9.08. The van der Waals surface area contributed by atoms with Crippen molar-refractivity contribution in [2.24, 2.45) is 0 Å². The fourth-order valence-electron chi connectivity index (χ4n) is 1.63. The summed E-state index contributed by atoms with van der Waals surface area (Å²) in [7, 11) is 0. The largest absolute Gasteiger partial charge is 0.348 e. The third kappa shape index (κ3) is 3.64. The summed E-state index contributed by atoms with van der Waals surface area (Å²) in [6.07, 6.45) is 0. The number of carbonyl (C=O) groups excluding carboxylic acids is 1. The summed E-state index contributed by atoms with van der Waals surface area (Å²) < 4.78 is 15.0. The Bertz CT molecular complexity index is 596. The van der Waals surface area contributed by atoms with Gasteiger partial charge in [0.2, 0.25) is 0 Å². The lowest BCUT2D eigenvalue weighted by molar-refractivity contribution is 0.0946. The van der Waals surface area contributed by atoms with Crippen molar-refractivity contribution in [3.63, 3.8) is 0 Å². The van der Waals surface area contributed by atoms with E-state index in [2.05, 4.69) is 37.2 Å². The SMILES string of the molecule is O=C(NCc1cccc(Br)c1)c1c(F)cccc1Br. The van der Waals surface area contributed by atoms with Crippen LogP contribution in [0.15, 0.2) is 51.4 Å². The van der Waals surface area contributed by atoms with Gasteiger partial charge >= 0.3 is 0 Å². The van der Waals surface area contributed by atoms with Crippen LogP contribution in [0.4, 0.5) is 4.39 Å². The lowest BCUT2D eigenvalue weighted by Gasteiger charge is -2.08. The van der Waals surface area contributed by atoms with Crippen LogP contribution in [0.25, 0.3) is 0 Å². The first kappa shape index (κ1) is 14.2. The molecule has 19 heavy (non-hydrogen) atoms. The van der Waals surface area contributed by atoms with E-state index < -0.39 is 11.7 Å². The Morgan fingerprint density at radius 1 is 1.16 bits per heavy atom. The van der Waals surface area contributed by atoms with E-state index in [0.29, 0.717) is 11.0 Å². The third-order valence-corrected chi connectivity index (χ3v) is 3.69. The predicted octanol–water partition coefficient (Wildman–Crippen LogP) is 4.28. The summed E-state index contributed by atoms with van der Waals surface area (Å²) in [5.41, 5.74) is 0.965. The van der Waals surface area contributed by atoms with Gasteiger partial charge in [-0.25, -0.2) is 4.39 Å². The molecule has 0 aliphatic carbocycles. The van der Waals surface area contributed by atoms with Crippen molar-refractivity contribution in [3.8, 4) is 0 Å². The molecule has 0 unspecified atom stereocenters. The summed E-state index contributed by atoms with van der Waals surface area (Å²) in [5, 5.41) is 2.69. The van der Waals surface area contributed by atoms with Crippen LogP contribution >= 0.6 is 31.9 Å². The molecule has 2 nitrogen and oxygen atoms in total. The maximum absolute atomic E-state index is 13.6. The van der Waals surface area contributed by atoms with Crippen molar-refractivity contribution in [2.45, 2.75) is 6.54 Å². The first-order valence-electron chi connectivity index (χ1n) is 5.54. The van der Waals surface area contributed by atoms with Crippen LogP contribution in [-0.2, 0) is 6.54 Å². The molecular formula is C14H10Br2FNO. The average molecular weight is 387 g/mol. The van der Waals surface area contributed by atoms with Gasteiger partial charge in [0.1, 0.15) is 5.82 Å². The van der Waals surface area contributed by atoms with Crippen LogP contribution in [0, 0.1) is 5.82 Å². The molecule has 2 aromatic rings. The summed E-state index contributed by atoms with van der Waals surface area (Å²) >= 11 is 6.53. The molecule has 2 rings (SSSR count). The molecule has 1 N–H and O–H groups in total. The van der Waals surface area contributed by atoms with Crippen LogP contribution in [0.5, 0.6) is 0 Å². The number of halogens is 3. The quantitative estimate of drug-likeness (QED) is 0.837. The van der Waals surface area contributed by atoms with Gasteiger partial charge in [0, 0.05) is 15.5 Å². The number of benzene rings is 2. The molecule has 2 aromatic carbocycles. The van der Waals surface area contributed by atoms with Crippen LogP contribution in [0.3, 0.4) is 0 Å². The van der Waals surface area contributed by atoms with E-state index in [1.165, 1.54) is 6.07 Å². The summed E-state index contributed by atoms with van der Waals surface area (Å²) in [6.45, 7) is 0.346. The molecule has 0 heterocycles. The molecule has 0 aliphatic rings. The van der Waals surface area contributed by atoms with Crippen molar-refractivity contribution in [1.82, 2.24) is 5.32 Å². The molecule has 1 amide bonds. The van der Waals surface area contributed by atoms with Crippen LogP contribution in [0.2, 0.25) is 0 Å². The molecular weight excluding hydrogens is 377 g/mol. The predicted molar refractivity (Wildman–Crippen MR) is 79.4 cm³/mol. The zero-order valence-corrected chi connectivity index (χ0v) is 13.0. The van der Waals surface area contributed by atoms with Crippen molar-refractivity contribution in [1.29, 1.82) is 0 Å². The summed E-state index contributed by atoms with van der Waals surface area (Å²) in [4.78, 5) is 12.0. The maximum atomic E-state index is 13.6. The van der Waals surface area contributed by atoms with Crippen LogP contribution in [0.1, 0.15) is 15.9 Å². The van der Waals surface area contributed by atoms with Crippen molar-refractivity contribution in [2.75, 3.05) is 0 Å². The van der Waals surface area contributed by atoms with E-state index >= 15 is 0 Å². The van der Waals surface area contributed by atoms with Gasteiger partial charge in [0.05, 0.1) is 5.56 Å². The van der Waals surface area contributed by atoms with Crippen molar-refractivity contribution < 1.29 is 9.18 Å². The third-order valence-electron chi connectivity index (χ3n) is 2.53. The highest BCUT2D eigenvalue weighted by molar-refractivity contribution is 9.10. The Kier molecular flexibility index (Phi) is 4.71. The maximum Gasteiger partial charge on any atom is 0.255 e. The van der Waals surface area contributed by atoms with Crippen LogP contribution < -0.4 is 5.32 Å². The highest BCUT2D eigenvalue weighted by atomic mass is 79.9. The highest BCUT2D eigenvalue weighted by Gasteiger charge is 2.14. The molecule has 0 saturated carbocycles. The summed E-state index contributed by atoms with van der Waals surface area (Å²) in [6, 6.07) is 12.0. The molecule has 0 radical (unpaired) electrons. The molecule has 0 bridgehead atoms. The Morgan fingerprint density at radius 2 is 1.89 bits per heavy atom. The minimum absolute atomic E-state index is 0.0255. The van der Waals surface area contributed by atoms with E-state index in [0.717, 1.165) is 10.0 Å². The molecule has 0 atom stereocenters. The lowest BCUT2D eigenvalue weighted by Crippen LogP contribution is -2.24. The lowest BCUT2D eigenvalue weighted by atomic mass is 10.2. The molecule has 5 heteroatoms. The Hall–Kier alpha value is -1.20. The van der Waals surface area contributed by atoms with Gasteiger partial charge < -0.3 is 5.32 Å². The molecule has 0 fully saturated rings. The van der Waals surface area contributed by atoms with Gasteiger partial charge in [0.25, 0.3) is 5.91 Å². The zero-order valence-electron chi connectivity index (χ0n) is 9.79. The molecule has 0 spiro atoms. The molecule has 0 aliphatic heterocycles. The van der Waals surface area contributed by atoms with Crippen molar-refractivity contribution in [3.05, 3.63) is 68.4 Å². The van der Waals surface area contributed by atoms with Gasteiger partial charge in [-0.2, -0.15) is 0 Å². The molecule has 0 saturated heterocycles. The number of rotatable bonds is 3. The fraction of sp³-hybridized carbons (Fsp3) is 0.0714. The number of carbonyl (C=O) groups is 1. The van der Waals surface area contributed by atoms with Gasteiger partial charge in [-0.05, 0) is 45.8 Å². The minimum Gasteiger partial charge on any atom is -0.348 e. The smallest absolute Gasteiger partial charge is 0.255 e. The van der Waals surface area contributed by atoms with Gasteiger partial charge in [-0.1, -0.05) is 34.1 Å². The monoisotopic (exact) mass is 385 g/mol. The Labute approximate surface area is 127 Å². The average Bonchev–Trinajstić information content (AvgIpc) is 2.36. The second kappa shape index (κ2) is 6.30. The van der Waals surface area contributed by atoms with E-state index in [1.54, 1.807) is 12.1 Å². The number of amides is 1. The number of hydrogen-bond acceptors (Lipinski definition) is 1. The topological polar surface area (TPSA) is 29.1 Å². The first-order valence-corrected chi connectivity index (χ1v) is 7.13. The molecule has 98 valence electrons. The van der Waals surface area contributed by atoms with E-state index in [-0.39, 0.29) is 5.56 Å². The Balaban J connectivity index is 2.10. The van der Waals surface area contributed by atoms with Crippen molar-refractivity contribution >= 4 is 37.8 Å². The van der Waals surface area contributed by atoms with E-state index in [9.17, 15) is 9.18 Å².